The Labute approximate surface area is 102 Å². The molecule has 0 unspecified atom stereocenters. The van der Waals surface area contributed by atoms with E-state index in [4.69, 9.17) is 0 Å². The summed E-state index contributed by atoms with van der Waals surface area (Å²) in [7, 11) is 1.98. The van der Waals surface area contributed by atoms with Gasteiger partial charge in [0.2, 0.25) is 0 Å². The van der Waals surface area contributed by atoms with E-state index >= 15 is 0 Å². The second-order valence-corrected chi connectivity index (χ2v) is 4.66. The number of aryl methyl sites for hydroxylation is 2. The Kier molecular flexibility index (Phi) is 3.47. The molecule has 1 amide bonds. The lowest BCUT2D eigenvalue weighted by Gasteiger charge is -2.31. The van der Waals surface area contributed by atoms with Gasteiger partial charge in [-0.15, -0.1) is 0 Å². The topological polar surface area (TPSA) is 61.0 Å². The number of piperidine rings is 1. The number of carbonyl (C=O) groups is 1. The highest BCUT2D eigenvalue weighted by atomic mass is 16.2. The molecular formula is C12H20N4O. The van der Waals surface area contributed by atoms with Crippen molar-refractivity contribution in [2.45, 2.75) is 32.7 Å². The minimum Gasteiger partial charge on any atom is -0.338 e. The zero-order chi connectivity index (χ0) is 12.4. The number of hydrogen-bond acceptors (Lipinski definition) is 3. The molecule has 0 atom stereocenters. The van der Waals surface area contributed by atoms with Crippen LogP contribution in [-0.2, 0) is 0 Å². The summed E-state index contributed by atoms with van der Waals surface area (Å²) in [5.41, 5.74) is 2.40. The van der Waals surface area contributed by atoms with Gasteiger partial charge in [-0.3, -0.25) is 9.89 Å². The zero-order valence-electron chi connectivity index (χ0n) is 10.7. The van der Waals surface area contributed by atoms with E-state index < -0.39 is 0 Å². The van der Waals surface area contributed by atoms with Crippen LogP contribution in [-0.4, -0.2) is 47.2 Å². The van der Waals surface area contributed by atoms with Gasteiger partial charge in [-0.2, -0.15) is 5.10 Å². The molecular weight excluding hydrogens is 216 g/mol. The van der Waals surface area contributed by atoms with Crippen LogP contribution in [0.15, 0.2) is 0 Å². The van der Waals surface area contributed by atoms with Crippen molar-refractivity contribution in [2.24, 2.45) is 0 Å². The van der Waals surface area contributed by atoms with Crippen molar-refractivity contribution < 1.29 is 4.79 Å². The fourth-order valence-electron chi connectivity index (χ4n) is 2.40. The molecule has 1 aliphatic heterocycles. The Morgan fingerprint density at radius 1 is 1.41 bits per heavy atom. The molecule has 1 aromatic rings. The number of amides is 1. The average molecular weight is 236 g/mol. The fraction of sp³-hybridized carbons (Fsp3) is 0.667. The third-order valence-electron chi connectivity index (χ3n) is 3.53. The maximum Gasteiger partial charge on any atom is 0.257 e. The molecule has 0 saturated carbocycles. The first-order valence-corrected chi connectivity index (χ1v) is 6.11. The lowest BCUT2D eigenvalue weighted by atomic mass is 10.0. The summed E-state index contributed by atoms with van der Waals surface area (Å²) in [5.74, 6) is 0.114. The minimum atomic E-state index is 0.114. The van der Waals surface area contributed by atoms with Gasteiger partial charge in [0.15, 0.2) is 0 Å². The average Bonchev–Trinajstić information content (AvgIpc) is 2.68. The second kappa shape index (κ2) is 4.87. The van der Waals surface area contributed by atoms with Gasteiger partial charge in [0.05, 0.1) is 11.3 Å². The molecule has 5 nitrogen and oxygen atoms in total. The monoisotopic (exact) mass is 236 g/mol. The van der Waals surface area contributed by atoms with Crippen LogP contribution in [0.25, 0.3) is 0 Å². The molecule has 1 saturated heterocycles. The summed E-state index contributed by atoms with van der Waals surface area (Å²) < 4.78 is 0. The van der Waals surface area contributed by atoms with Gasteiger partial charge in [0, 0.05) is 24.8 Å². The lowest BCUT2D eigenvalue weighted by Crippen LogP contribution is -2.44. The Hall–Kier alpha value is -1.36. The summed E-state index contributed by atoms with van der Waals surface area (Å²) in [5, 5.41) is 10.2. The maximum atomic E-state index is 12.3. The van der Waals surface area contributed by atoms with Gasteiger partial charge in [0.1, 0.15) is 0 Å². The summed E-state index contributed by atoms with van der Waals surface area (Å²) in [6.07, 6.45) is 2.05. The normalized spacial score (nSPS) is 17.5. The van der Waals surface area contributed by atoms with E-state index in [9.17, 15) is 4.79 Å². The van der Waals surface area contributed by atoms with E-state index in [1.807, 2.05) is 25.8 Å². The fourth-order valence-corrected chi connectivity index (χ4v) is 2.40. The number of aromatic amines is 1. The van der Waals surface area contributed by atoms with Gasteiger partial charge in [0.25, 0.3) is 5.91 Å². The Morgan fingerprint density at radius 2 is 2.06 bits per heavy atom. The number of aromatic nitrogens is 2. The second-order valence-electron chi connectivity index (χ2n) is 4.66. The smallest absolute Gasteiger partial charge is 0.257 e. The zero-order valence-corrected chi connectivity index (χ0v) is 10.7. The predicted molar refractivity (Wildman–Crippen MR) is 66.0 cm³/mol. The molecule has 2 N–H and O–H groups in total. The number of hydrogen-bond donors (Lipinski definition) is 2. The van der Waals surface area contributed by atoms with Crippen LogP contribution in [0.2, 0.25) is 0 Å². The summed E-state index contributed by atoms with van der Waals surface area (Å²) >= 11 is 0. The highest BCUT2D eigenvalue weighted by Gasteiger charge is 2.25. The molecule has 0 aliphatic carbocycles. The van der Waals surface area contributed by atoms with Crippen LogP contribution in [0.4, 0.5) is 0 Å². The molecule has 0 spiro atoms. The van der Waals surface area contributed by atoms with Gasteiger partial charge in [-0.1, -0.05) is 0 Å². The first-order chi connectivity index (χ1) is 8.13. The van der Waals surface area contributed by atoms with Crippen LogP contribution in [0.5, 0.6) is 0 Å². The van der Waals surface area contributed by atoms with Crippen LogP contribution < -0.4 is 5.32 Å². The molecule has 1 aliphatic rings. The van der Waals surface area contributed by atoms with E-state index in [1.165, 1.54) is 0 Å². The van der Waals surface area contributed by atoms with Crippen molar-refractivity contribution in [3.8, 4) is 0 Å². The van der Waals surface area contributed by atoms with Crippen molar-refractivity contribution in [3.63, 3.8) is 0 Å². The first-order valence-electron chi connectivity index (χ1n) is 6.11. The Bertz CT molecular complexity index is 385. The Morgan fingerprint density at radius 3 is 2.53 bits per heavy atom. The van der Waals surface area contributed by atoms with Gasteiger partial charge in [-0.25, -0.2) is 0 Å². The van der Waals surface area contributed by atoms with Crippen LogP contribution >= 0.6 is 0 Å². The number of nitrogens with zero attached hydrogens (tertiary/aromatic N) is 2. The number of rotatable bonds is 2. The van der Waals surface area contributed by atoms with Crippen molar-refractivity contribution in [1.82, 2.24) is 20.4 Å². The van der Waals surface area contributed by atoms with E-state index in [1.54, 1.807) is 0 Å². The minimum absolute atomic E-state index is 0.114. The van der Waals surface area contributed by atoms with Crippen molar-refractivity contribution in [1.29, 1.82) is 0 Å². The summed E-state index contributed by atoms with van der Waals surface area (Å²) in [6.45, 7) is 5.42. The predicted octanol–water partition coefficient (Wildman–Crippen LogP) is 0.851. The van der Waals surface area contributed by atoms with E-state index in [-0.39, 0.29) is 5.91 Å². The summed E-state index contributed by atoms with van der Waals surface area (Å²) in [6, 6.07) is 0.547. The SMILES string of the molecule is CNC1CCN(C(=O)c2c(C)n[nH]c2C)CC1. The molecule has 94 valence electrons. The Balaban J connectivity index is 2.07. The highest BCUT2D eigenvalue weighted by Crippen LogP contribution is 2.17. The molecule has 2 heterocycles. The van der Waals surface area contributed by atoms with Crippen LogP contribution in [0.3, 0.4) is 0 Å². The largest absolute Gasteiger partial charge is 0.338 e. The number of likely N-dealkylation sites (tertiary alicyclic amines) is 1. The van der Waals surface area contributed by atoms with Crippen LogP contribution in [0.1, 0.15) is 34.6 Å². The van der Waals surface area contributed by atoms with E-state index in [0.717, 1.165) is 42.9 Å². The number of nitrogens with one attached hydrogen (secondary N) is 2. The maximum absolute atomic E-state index is 12.3. The van der Waals surface area contributed by atoms with E-state index in [2.05, 4.69) is 15.5 Å². The molecule has 2 rings (SSSR count). The van der Waals surface area contributed by atoms with E-state index in [0.29, 0.717) is 6.04 Å². The highest BCUT2D eigenvalue weighted by molar-refractivity contribution is 5.96. The molecule has 0 radical (unpaired) electrons. The number of H-pyrrole nitrogens is 1. The molecule has 0 bridgehead atoms. The molecule has 5 heteroatoms. The first kappa shape index (κ1) is 12.1. The van der Waals surface area contributed by atoms with Gasteiger partial charge < -0.3 is 10.2 Å². The van der Waals surface area contributed by atoms with Crippen molar-refractivity contribution in [3.05, 3.63) is 17.0 Å². The lowest BCUT2D eigenvalue weighted by molar-refractivity contribution is 0.0706. The van der Waals surface area contributed by atoms with Crippen molar-refractivity contribution >= 4 is 5.91 Å². The summed E-state index contributed by atoms with van der Waals surface area (Å²) in [4.78, 5) is 14.3. The molecule has 1 fully saturated rings. The quantitative estimate of drug-likeness (QED) is 0.800. The van der Waals surface area contributed by atoms with Gasteiger partial charge in [-0.05, 0) is 33.7 Å². The molecule has 0 aromatic carbocycles. The van der Waals surface area contributed by atoms with Crippen molar-refractivity contribution in [2.75, 3.05) is 20.1 Å². The molecule has 1 aromatic heterocycles. The third-order valence-corrected chi connectivity index (χ3v) is 3.53. The standard InChI is InChI=1S/C12H20N4O/c1-8-11(9(2)15-14-8)12(17)16-6-4-10(13-3)5-7-16/h10,13H,4-7H2,1-3H3,(H,14,15). The third kappa shape index (κ3) is 2.34. The van der Waals surface area contributed by atoms with Gasteiger partial charge >= 0.3 is 0 Å². The number of carbonyl (C=O) groups excluding carboxylic acids is 1. The van der Waals surface area contributed by atoms with Crippen LogP contribution in [0, 0.1) is 13.8 Å². The molecule has 17 heavy (non-hydrogen) atoms.